The number of thiazole rings is 1. The summed E-state index contributed by atoms with van der Waals surface area (Å²) in [7, 11) is 0. The molecule has 1 atom stereocenters. The van der Waals surface area contributed by atoms with E-state index in [4.69, 9.17) is 10.2 Å². The first kappa shape index (κ1) is 11.0. The molecule has 0 bridgehead atoms. The summed E-state index contributed by atoms with van der Waals surface area (Å²) in [6.07, 6.45) is 2.77. The topological polar surface area (TPSA) is 55.3 Å². The highest BCUT2D eigenvalue weighted by atomic mass is 32.1. The Labute approximate surface area is 104 Å². The van der Waals surface area contributed by atoms with Gasteiger partial charge < -0.3 is 10.2 Å². The third kappa shape index (κ3) is 2.41. The van der Waals surface area contributed by atoms with Crippen LogP contribution in [0.15, 0.2) is 28.2 Å². The van der Waals surface area contributed by atoms with Crippen molar-refractivity contribution < 1.29 is 4.42 Å². The first-order chi connectivity index (χ1) is 8.31. The summed E-state index contributed by atoms with van der Waals surface area (Å²) in [6.45, 7) is 2.95. The number of nitrogens with two attached hydrogens (primary N) is 1. The van der Waals surface area contributed by atoms with Gasteiger partial charge in [-0.2, -0.15) is 0 Å². The monoisotopic (exact) mass is 249 g/mol. The zero-order valence-electron chi connectivity index (χ0n) is 9.50. The molecular weight excluding hydrogens is 234 g/mol. The third-order valence-electron chi connectivity index (χ3n) is 2.98. The van der Waals surface area contributed by atoms with Crippen molar-refractivity contribution in [1.29, 1.82) is 0 Å². The van der Waals surface area contributed by atoms with Gasteiger partial charge in [-0.1, -0.05) is 0 Å². The Morgan fingerprint density at radius 3 is 3.24 bits per heavy atom. The van der Waals surface area contributed by atoms with Gasteiger partial charge in [-0.25, -0.2) is 4.98 Å². The van der Waals surface area contributed by atoms with Crippen LogP contribution in [0.4, 0.5) is 0 Å². The van der Waals surface area contributed by atoms with E-state index >= 15 is 0 Å². The molecule has 2 N–H and O–H groups in total. The zero-order chi connectivity index (χ0) is 11.7. The van der Waals surface area contributed by atoms with Crippen LogP contribution in [0.5, 0.6) is 0 Å². The van der Waals surface area contributed by atoms with E-state index in [9.17, 15) is 0 Å². The Kier molecular flexibility index (Phi) is 2.96. The van der Waals surface area contributed by atoms with Crippen LogP contribution >= 0.6 is 11.3 Å². The molecule has 4 nitrogen and oxygen atoms in total. The maximum Gasteiger partial charge on any atom is 0.162 e. The van der Waals surface area contributed by atoms with Crippen molar-refractivity contribution in [2.24, 2.45) is 5.73 Å². The lowest BCUT2D eigenvalue weighted by Crippen LogP contribution is -2.26. The lowest BCUT2D eigenvalue weighted by atomic mass is 10.3. The van der Waals surface area contributed by atoms with E-state index in [0.29, 0.717) is 6.04 Å². The molecule has 2 aromatic rings. The summed E-state index contributed by atoms with van der Waals surface area (Å²) < 4.78 is 5.33. The molecule has 17 heavy (non-hydrogen) atoms. The van der Waals surface area contributed by atoms with Crippen molar-refractivity contribution in [3.8, 4) is 10.8 Å². The van der Waals surface area contributed by atoms with Gasteiger partial charge in [0.25, 0.3) is 0 Å². The molecule has 3 rings (SSSR count). The van der Waals surface area contributed by atoms with Crippen LogP contribution < -0.4 is 5.73 Å². The summed E-state index contributed by atoms with van der Waals surface area (Å²) >= 11 is 1.63. The molecule has 0 amide bonds. The fraction of sp³-hybridized carbons (Fsp3) is 0.417. The molecule has 1 fully saturated rings. The normalized spacial score (nSPS) is 21.1. The van der Waals surface area contributed by atoms with Crippen molar-refractivity contribution in [3.05, 3.63) is 29.5 Å². The number of furan rings is 1. The van der Waals surface area contributed by atoms with Gasteiger partial charge in [-0.05, 0) is 18.6 Å². The van der Waals surface area contributed by atoms with Crippen LogP contribution in [0.3, 0.4) is 0 Å². The molecule has 0 unspecified atom stereocenters. The first-order valence-electron chi connectivity index (χ1n) is 5.77. The van der Waals surface area contributed by atoms with Crippen LogP contribution in [0.25, 0.3) is 10.8 Å². The van der Waals surface area contributed by atoms with Crippen LogP contribution in [0.2, 0.25) is 0 Å². The lowest BCUT2D eigenvalue weighted by Gasteiger charge is -2.12. The SMILES string of the molecule is N[C@H]1CCN(Cc2csc(-c3ccco3)n2)C1. The molecule has 5 heteroatoms. The van der Waals surface area contributed by atoms with Gasteiger partial charge in [0.15, 0.2) is 10.8 Å². The number of aromatic nitrogens is 1. The molecule has 0 radical (unpaired) electrons. The van der Waals surface area contributed by atoms with E-state index in [0.717, 1.165) is 42.5 Å². The standard InChI is InChI=1S/C12H15N3OS/c13-9-3-4-15(6-9)7-10-8-17-12(14-10)11-2-1-5-16-11/h1-2,5,8-9H,3-4,6-7,13H2/t9-/m0/s1. The molecule has 0 spiro atoms. The second kappa shape index (κ2) is 4.60. The van der Waals surface area contributed by atoms with Crippen molar-refractivity contribution >= 4 is 11.3 Å². The summed E-state index contributed by atoms with van der Waals surface area (Å²) in [5, 5.41) is 3.05. The number of hydrogen-bond acceptors (Lipinski definition) is 5. The second-order valence-corrected chi connectivity index (χ2v) is 5.26. The van der Waals surface area contributed by atoms with Crippen LogP contribution in [0.1, 0.15) is 12.1 Å². The van der Waals surface area contributed by atoms with Gasteiger partial charge in [-0.3, -0.25) is 4.90 Å². The van der Waals surface area contributed by atoms with Crippen molar-refractivity contribution in [3.63, 3.8) is 0 Å². The van der Waals surface area contributed by atoms with Crippen molar-refractivity contribution in [2.75, 3.05) is 13.1 Å². The lowest BCUT2D eigenvalue weighted by molar-refractivity contribution is 0.323. The zero-order valence-corrected chi connectivity index (χ0v) is 10.3. The number of rotatable bonds is 3. The van der Waals surface area contributed by atoms with Crippen molar-refractivity contribution in [2.45, 2.75) is 19.0 Å². The maximum absolute atomic E-state index is 5.89. The minimum Gasteiger partial charge on any atom is -0.462 e. The maximum atomic E-state index is 5.89. The minimum atomic E-state index is 0.332. The van der Waals surface area contributed by atoms with Gasteiger partial charge in [0, 0.05) is 31.1 Å². The Morgan fingerprint density at radius 2 is 2.53 bits per heavy atom. The van der Waals surface area contributed by atoms with E-state index in [1.807, 2.05) is 12.1 Å². The molecule has 1 aliphatic rings. The number of likely N-dealkylation sites (tertiary alicyclic amines) is 1. The second-order valence-electron chi connectivity index (χ2n) is 4.41. The highest BCUT2D eigenvalue weighted by Gasteiger charge is 2.20. The summed E-state index contributed by atoms with van der Waals surface area (Å²) in [5.74, 6) is 0.847. The quantitative estimate of drug-likeness (QED) is 0.903. The Hall–Kier alpha value is -1.17. The number of nitrogens with zero attached hydrogens (tertiary/aromatic N) is 2. The Morgan fingerprint density at radius 1 is 1.59 bits per heavy atom. The predicted molar refractivity (Wildman–Crippen MR) is 67.7 cm³/mol. The third-order valence-corrected chi connectivity index (χ3v) is 3.88. The van der Waals surface area contributed by atoms with E-state index in [1.54, 1.807) is 17.6 Å². The summed E-state index contributed by atoms with van der Waals surface area (Å²) in [6, 6.07) is 4.16. The minimum absolute atomic E-state index is 0.332. The fourth-order valence-corrected chi connectivity index (χ4v) is 2.91. The average Bonchev–Trinajstić information content (AvgIpc) is 3.00. The number of hydrogen-bond donors (Lipinski definition) is 1. The van der Waals surface area contributed by atoms with E-state index in [2.05, 4.69) is 15.3 Å². The van der Waals surface area contributed by atoms with E-state index in [-0.39, 0.29) is 0 Å². The van der Waals surface area contributed by atoms with Gasteiger partial charge in [0.2, 0.25) is 0 Å². The van der Waals surface area contributed by atoms with Crippen molar-refractivity contribution in [1.82, 2.24) is 9.88 Å². The molecule has 0 saturated carbocycles. The summed E-state index contributed by atoms with van der Waals surface area (Å²) in [4.78, 5) is 6.94. The molecule has 0 aromatic carbocycles. The molecule has 0 aliphatic carbocycles. The smallest absolute Gasteiger partial charge is 0.162 e. The highest BCUT2D eigenvalue weighted by Crippen LogP contribution is 2.24. The van der Waals surface area contributed by atoms with Gasteiger partial charge in [0.1, 0.15) is 0 Å². The molecule has 2 aromatic heterocycles. The van der Waals surface area contributed by atoms with Gasteiger partial charge in [-0.15, -0.1) is 11.3 Å². The van der Waals surface area contributed by atoms with E-state index in [1.165, 1.54) is 0 Å². The van der Waals surface area contributed by atoms with Gasteiger partial charge in [0.05, 0.1) is 12.0 Å². The van der Waals surface area contributed by atoms with Crippen LogP contribution in [-0.2, 0) is 6.54 Å². The van der Waals surface area contributed by atoms with E-state index < -0.39 is 0 Å². The molecule has 90 valence electrons. The summed E-state index contributed by atoms with van der Waals surface area (Å²) in [5.41, 5.74) is 6.99. The van der Waals surface area contributed by atoms with Gasteiger partial charge >= 0.3 is 0 Å². The first-order valence-corrected chi connectivity index (χ1v) is 6.65. The molecular formula is C12H15N3OS. The Bertz CT molecular complexity index is 480. The molecule has 3 heterocycles. The van der Waals surface area contributed by atoms with Crippen LogP contribution in [-0.4, -0.2) is 29.0 Å². The Balaban J connectivity index is 1.69. The predicted octanol–water partition coefficient (Wildman–Crippen LogP) is 1.94. The average molecular weight is 249 g/mol. The molecule has 1 saturated heterocycles. The fourth-order valence-electron chi connectivity index (χ4n) is 2.13. The largest absolute Gasteiger partial charge is 0.462 e. The highest BCUT2D eigenvalue weighted by molar-refractivity contribution is 7.13. The molecule has 1 aliphatic heterocycles. The van der Waals surface area contributed by atoms with Crippen LogP contribution in [0, 0.1) is 0 Å².